The smallest absolute Gasteiger partial charge is 0.0957 e. The van der Waals surface area contributed by atoms with Gasteiger partial charge in [-0.3, -0.25) is 5.41 Å². The molecule has 1 aliphatic heterocycles. The van der Waals surface area contributed by atoms with Crippen LogP contribution >= 0.6 is 0 Å². The van der Waals surface area contributed by atoms with E-state index in [0.29, 0.717) is 0 Å². The summed E-state index contributed by atoms with van der Waals surface area (Å²) in [5, 5.41) is 10.1. The molecule has 0 bridgehead atoms. The lowest BCUT2D eigenvalue weighted by Crippen LogP contribution is -2.32. The van der Waals surface area contributed by atoms with Crippen molar-refractivity contribution in [1.82, 2.24) is 5.32 Å². The Morgan fingerprint density at radius 2 is 2.56 bits per heavy atom. The Labute approximate surface area is 54.4 Å². The highest BCUT2D eigenvalue weighted by atomic mass is 14.9. The number of nitrogens with two attached hydrogens (primary N) is 1. The molecule has 9 heavy (non-hydrogen) atoms. The number of amidine groups is 1. The van der Waals surface area contributed by atoms with E-state index in [4.69, 9.17) is 11.1 Å². The van der Waals surface area contributed by atoms with Crippen molar-refractivity contribution in [1.29, 1.82) is 5.41 Å². The molecule has 1 heterocycles. The van der Waals surface area contributed by atoms with E-state index in [-0.39, 0.29) is 11.8 Å². The van der Waals surface area contributed by atoms with Crippen LogP contribution in [0, 0.1) is 11.3 Å². The molecule has 0 radical (unpaired) electrons. The molecule has 0 amide bonds. The Hall–Kier alpha value is -0.990. The van der Waals surface area contributed by atoms with Crippen LogP contribution in [-0.2, 0) is 0 Å². The second-order valence-corrected chi connectivity index (χ2v) is 2.20. The van der Waals surface area contributed by atoms with Crippen molar-refractivity contribution < 1.29 is 0 Å². The molecule has 1 aliphatic rings. The predicted octanol–water partition coefficient (Wildman–Crippen LogP) is 0.0456. The van der Waals surface area contributed by atoms with E-state index in [2.05, 4.69) is 5.32 Å². The molecule has 0 aromatic carbocycles. The maximum Gasteiger partial charge on any atom is 0.0957 e. The molecule has 3 nitrogen and oxygen atoms in total. The maximum atomic E-state index is 7.09. The van der Waals surface area contributed by atoms with E-state index in [0.717, 1.165) is 13.0 Å². The van der Waals surface area contributed by atoms with Crippen LogP contribution in [0.25, 0.3) is 0 Å². The molecule has 50 valence electrons. The average molecular weight is 125 g/mol. The monoisotopic (exact) mass is 125 g/mol. The zero-order valence-electron chi connectivity index (χ0n) is 5.22. The third-order valence-corrected chi connectivity index (χ3v) is 1.46. The highest BCUT2D eigenvalue weighted by molar-refractivity contribution is 5.80. The standard InChI is InChI=1S/C6H11N3/c7-6(8)5-2-1-3-9-4-5/h1,3,5,9H,2,4H2,(H3,7,8). The lowest BCUT2D eigenvalue weighted by Gasteiger charge is -2.16. The molecular weight excluding hydrogens is 114 g/mol. The molecule has 4 N–H and O–H groups in total. The highest BCUT2D eigenvalue weighted by Crippen LogP contribution is 2.05. The van der Waals surface area contributed by atoms with Crippen molar-refractivity contribution in [3.05, 3.63) is 12.3 Å². The topological polar surface area (TPSA) is 61.9 Å². The van der Waals surface area contributed by atoms with Crippen LogP contribution in [0.4, 0.5) is 0 Å². The fourth-order valence-electron chi connectivity index (χ4n) is 0.846. The minimum Gasteiger partial charge on any atom is -0.390 e. The van der Waals surface area contributed by atoms with Gasteiger partial charge in [0.15, 0.2) is 0 Å². The van der Waals surface area contributed by atoms with Crippen LogP contribution in [0.5, 0.6) is 0 Å². The Balaban J connectivity index is 2.44. The largest absolute Gasteiger partial charge is 0.390 e. The van der Waals surface area contributed by atoms with Crippen molar-refractivity contribution in [3.8, 4) is 0 Å². The van der Waals surface area contributed by atoms with Gasteiger partial charge < -0.3 is 11.1 Å². The van der Waals surface area contributed by atoms with Gasteiger partial charge in [0.25, 0.3) is 0 Å². The molecule has 0 aliphatic carbocycles. The van der Waals surface area contributed by atoms with Gasteiger partial charge >= 0.3 is 0 Å². The third kappa shape index (κ3) is 1.45. The summed E-state index contributed by atoms with van der Waals surface area (Å²) in [6, 6.07) is 0. The summed E-state index contributed by atoms with van der Waals surface area (Å²) in [6.07, 6.45) is 4.80. The van der Waals surface area contributed by atoms with E-state index < -0.39 is 0 Å². The first-order valence-corrected chi connectivity index (χ1v) is 3.03. The zero-order valence-corrected chi connectivity index (χ0v) is 5.22. The number of rotatable bonds is 1. The number of allylic oxidation sites excluding steroid dienone is 1. The molecule has 1 rings (SSSR count). The average Bonchev–Trinajstić information content (AvgIpc) is 1.90. The molecule has 1 unspecified atom stereocenters. The van der Waals surface area contributed by atoms with E-state index in [1.165, 1.54) is 0 Å². The summed E-state index contributed by atoms with van der Waals surface area (Å²) < 4.78 is 0. The summed E-state index contributed by atoms with van der Waals surface area (Å²) >= 11 is 0. The summed E-state index contributed by atoms with van der Waals surface area (Å²) in [7, 11) is 0. The second kappa shape index (κ2) is 2.53. The lowest BCUT2D eigenvalue weighted by atomic mass is 10.0. The fraction of sp³-hybridized carbons (Fsp3) is 0.500. The van der Waals surface area contributed by atoms with E-state index in [9.17, 15) is 0 Å². The molecule has 1 atom stereocenters. The van der Waals surface area contributed by atoms with Gasteiger partial charge in [-0.2, -0.15) is 0 Å². The van der Waals surface area contributed by atoms with Crippen molar-refractivity contribution in [2.75, 3.05) is 6.54 Å². The van der Waals surface area contributed by atoms with Crippen LogP contribution < -0.4 is 11.1 Å². The van der Waals surface area contributed by atoms with Crippen LogP contribution in [0.3, 0.4) is 0 Å². The zero-order chi connectivity index (χ0) is 6.69. The molecule has 3 heteroatoms. The van der Waals surface area contributed by atoms with Gasteiger partial charge in [-0.15, -0.1) is 0 Å². The molecule has 0 saturated carbocycles. The Morgan fingerprint density at radius 1 is 1.78 bits per heavy atom. The van der Waals surface area contributed by atoms with Crippen LogP contribution in [-0.4, -0.2) is 12.4 Å². The van der Waals surface area contributed by atoms with E-state index in [1.54, 1.807) is 0 Å². The first-order chi connectivity index (χ1) is 4.30. The molecular formula is C6H11N3. The lowest BCUT2D eigenvalue weighted by molar-refractivity contribution is 0.619. The number of hydrogen-bond donors (Lipinski definition) is 3. The molecule has 0 fully saturated rings. The van der Waals surface area contributed by atoms with Gasteiger partial charge in [0.05, 0.1) is 5.84 Å². The summed E-state index contributed by atoms with van der Waals surface area (Å²) in [4.78, 5) is 0. The molecule has 0 aromatic heterocycles. The molecule has 0 aromatic rings. The maximum absolute atomic E-state index is 7.09. The fourth-order valence-corrected chi connectivity index (χ4v) is 0.846. The normalized spacial score (nSPS) is 25.1. The molecule has 0 saturated heterocycles. The van der Waals surface area contributed by atoms with Gasteiger partial charge in [0, 0.05) is 12.5 Å². The van der Waals surface area contributed by atoms with Crippen LogP contribution in [0.1, 0.15) is 6.42 Å². The van der Waals surface area contributed by atoms with E-state index >= 15 is 0 Å². The number of hydrogen-bond acceptors (Lipinski definition) is 2. The Morgan fingerprint density at radius 3 is 2.89 bits per heavy atom. The van der Waals surface area contributed by atoms with Crippen LogP contribution in [0.15, 0.2) is 12.3 Å². The van der Waals surface area contributed by atoms with E-state index in [1.807, 2.05) is 12.3 Å². The highest BCUT2D eigenvalue weighted by Gasteiger charge is 2.10. The van der Waals surface area contributed by atoms with Gasteiger partial charge in [-0.05, 0) is 12.6 Å². The molecule has 0 spiro atoms. The summed E-state index contributed by atoms with van der Waals surface area (Å²) in [6.45, 7) is 0.811. The van der Waals surface area contributed by atoms with Gasteiger partial charge in [-0.1, -0.05) is 6.08 Å². The Bertz CT molecular complexity index is 139. The number of nitrogens with one attached hydrogen (secondary N) is 2. The second-order valence-electron chi connectivity index (χ2n) is 2.20. The van der Waals surface area contributed by atoms with Crippen molar-refractivity contribution in [2.24, 2.45) is 11.7 Å². The van der Waals surface area contributed by atoms with Gasteiger partial charge in [0.1, 0.15) is 0 Å². The van der Waals surface area contributed by atoms with Crippen molar-refractivity contribution in [3.63, 3.8) is 0 Å². The Kier molecular flexibility index (Phi) is 1.72. The quantitative estimate of drug-likeness (QED) is 0.342. The van der Waals surface area contributed by atoms with Crippen molar-refractivity contribution >= 4 is 5.84 Å². The SMILES string of the molecule is N=C(N)C1CC=CNC1. The van der Waals surface area contributed by atoms with Gasteiger partial charge in [-0.25, -0.2) is 0 Å². The van der Waals surface area contributed by atoms with Gasteiger partial charge in [0.2, 0.25) is 0 Å². The summed E-state index contributed by atoms with van der Waals surface area (Å²) in [5.41, 5.74) is 5.28. The minimum atomic E-state index is 0.218. The third-order valence-electron chi connectivity index (χ3n) is 1.46. The summed E-state index contributed by atoms with van der Waals surface area (Å²) in [5.74, 6) is 0.502. The first kappa shape index (κ1) is 6.13. The minimum absolute atomic E-state index is 0.218. The first-order valence-electron chi connectivity index (χ1n) is 3.03. The van der Waals surface area contributed by atoms with Crippen molar-refractivity contribution in [2.45, 2.75) is 6.42 Å². The predicted molar refractivity (Wildman–Crippen MR) is 37.2 cm³/mol. The van der Waals surface area contributed by atoms with Crippen LogP contribution in [0.2, 0.25) is 0 Å².